The summed E-state index contributed by atoms with van der Waals surface area (Å²) in [4.78, 5) is 11.0. The van der Waals surface area contributed by atoms with Gasteiger partial charge < -0.3 is 15.0 Å². The molecule has 0 radical (unpaired) electrons. The molecule has 0 saturated heterocycles. The fourth-order valence-electron chi connectivity index (χ4n) is 2.27. The van der Waals surface area contributed by atoms with E-state index in [0.29, 0.717) is 12.5 Å². The van der Waals surface area contributed by atoms with Crippen LogP contribution in [0.2, 0.25) is 0 Å². The van der Waals surface area contributed by atoms with Crippen molar-refractivity contribution in [3.63, 3.8) is 0 Å². The Balaban J connectivity index is 0.00000208. The SMILES string of the molecule is COc1ccc(CNc2nc(N(C)C)nc3c2cnn3C)cc1.Cl. The van der Waals surface area contributed by atoms with Crippen LogP contribution >= 0.6 is 12.4 Å². The third-order valence-electron chi connectivity index (χ3n) is 3.60. The van der Waals surface area contributed by atoms with E-state index in [4.69, 9.17) is 4.74 Å². The van der Waals surface area contributed by atoms with Crippen molar-refractivity contribution in [2.24, 2.45) is 7.05 Å². The molecular weight excluding hydrogens is 328 g/mol. The highest BCUT2D eigenvalue weighted by atomic mass is 35.5. The minimum absolute atomic E-state index is 0. The summed E-state index contributed by atoms with van der Waals surface area (Å²) in [6, 6.07) is 7.95. The largest absolute Gasteiger partial charge is 0.497 e. The Bertz CT molecular complexity index is 815. The van der Waals surface area contributed by atoms with Crippen molar-refractivity contribution in [2.75, 3.05) is 31.4 Å². The van der Waals surface area contributed by atoms with Crippen LogP contribution in [0.3, 0.4) is 0 Å². The number of methoxy groups -OCH3 is 1. The molecule has 2 aromatic heterocycles. The predicted octanol–water partition coefficient (Wildman–Crippen LogP) is 2.47. The number of ether oxygens (including phenoxy) is 1. The first kappa shape index (κ1) is 17.8. The van der Waals surface area contributed by atoms with E-state index in [0.717, 1.165) is 28.2 Å². The van der Waals surface area contributed by atoms with Gasteiger partial charge in [0.05, 0.1) is 18.7 Å². The summed E-state index contributed by atoms with van der Waals surface area (Å²) in [7, 11) is 7.38. The number of rotatable bonds is 5. The molecule has 0 atom stereocenters. The molecule has 0 fully saturated rings. The first-order chi connectivity index (χ1) is 11.1. The van der Waals surface area contributed by atoms with E-state index in [1.165, 1.54) is 0 Å². The third kappa shape index (κ3) is 3.51. The number of fused-ring (bicyclic) bond motifs is 1. The van der Waals surface area contributed by atoms with Crippen LogP contribution < -0.4 is 15.0 Å². The fourth-order valence-corrected chi connectivity index (χ4v) is 2.27. The summed E-state index contributed by atoms with van der Waals surface area (Å²) < 4.78 is 6.93. The fraction of sp³-hybridized carbons (Fsp3) is 0.312. The van der Waals surface area contributed by atoms with Gasteiger partial charge in [0.15, 0.2) is 5.65 Å². The Morgan fingerprint density at radius 3 is 2.50 bits per heavy atom. The van der Waals surface area contributed by atoms with Gasteiger partial charge in [-0.3, -0.25) is 4.68 Å². The zero-order chi connectivity index (χ0) is 16.4. The summed E-state index contributed by atoms with van der Waals surface area (Å²) in [6.45, 7) is 0.665. The highest BCUT2D eigenvalue weighted by Crippen LogP contribution is 2.23. The van der Waals surface area contributed by atoms with Gasteiger partial charge in [0.1, 0.15) is 11.6 Å². The van der Waals surface area contributed by atoms with E-state index in [-0.39, 0.29) is 12.4 Å². The summed E-state index contributed by atoms with van der Waals surface area (Å²) >= 11 is 0. The summed E-state index contributed by atoms with van der Waals surface area (Å²) in [6.07, 6.45) is 1.78. The second-order valence-electron chi connectivity index (χ2n) is 5.47. The van der Waals surface area contributed by atoms with Crippen molar-refractivity contribution in [2.45, 2.75) is 6.54 Å². The molecule has 0 aliphatic heterocycles. The first-order valence-electron chi connectivity index (χ1n) is 7.32. The molecule has 0 saturated carbocycles. The normalized spacial score (nSPS) is 10.3. The number of aryl methyl sites for hydroxylation is 1. The van der Waals surface area contributed by atoms with E-state index in [1.54, 1.807) is 18.0 Å². The van der Waals surface area contributed by atoms with Crippen molar-refractivity contribution in [1.29, 1.82) is 0 Å². The third-order valence-corrected chi connectivity index (χ3v) is 3.60. The van der Waals surface area contributed by atoms with Gasteiger partial charge in [0, 0.05) is 27.7 Å². The molecule has 0 bridgehead atoms. The number of benzene rings is 1. The predicted molar refractivity (Wildman–Crippen MR) is 98.2 cm³/mol. The molecule has 7 nitrogen and oxygen atoms in total. The zero-order valence-electron chi connectivity index (χ0n) is 14.1. The van der Waals surface area contributed by atoms with Crippen molar-refractivity contribution in [1.82, 2.24) is 19.7 Å². The number of aromatic nitrogens is 4. The van der Waals surface area contributed by atoms with E-state index >= 15 is 0 Å². The Morgan fingerprint density at radius 1 is 1.17 bits per heavy atom. The van der Waals surface area contributed by atoms with Gasteiger partial charge in [-0.15, -0.1) is 12.4 Å². The Morgan fingerprint density at radius 2 is 1.88 bits per heavy atom. The minimum Gasteiger partial charge on any atom is -0.497 e. The van der Waals surface area contributed by atoms with Gasteiger partial charge in [0.2, 0.25) is 5.95 Å². The van der Waals surface area contributed by atoms with E-state index in [2.05, 4.69) is 20.4 Å². The molecular formula is C16H21ClN6O. The maximum absolute atomic E-state index is 5.18. The molecule has 8 heteroatoms. The topological polar surface area (TPSA) is 68.1 Å². The molecule has 0 unspecified atom stereocenters. The summed E-state index contributed by atoms with van der Waals surface area (Å²) in [5.74, 6) is 2.28. The zero-order valence-corrected chi connectivity index (χ0v) is 15.0. The monoisotopic (exact) mass is 348 g/mol. The van der Waals surface area contributed by atoms with E-state index in [1.807, 2.05) is 50.3 Å². The van der Waals surface area contributed by atoms with Crippen LogP contribution in [0.1, 0.15) is 5.56 Å². The van der Waals surface area contributed by atoms with E-state index < -0.39 is 0 Å². The van der Waals surface area contributed by atoms with Gasteiger partial charge in [-0.2, -0.15) is 15.1 Å². The first-order valence-corrected chi connectivity index (χ1v) is 7.32. The van der Waals surface area contributed by atoms with Crippen molar-refractivity contribution < 1.29 is 4.74 Å². The van der Waals surface area contributed by atoms with Crippen molar-refractivity contribution in [3.8, 4) is 5.75 Å². The lowest BCUT2D eigenvalue weighted by Gasteiger charge is -2.13. The van der Waals surface area contributed by atoms with Crippen LogP contribution in [0, 0.1) is 0 Å². The molecule has 0 aliphatic carbocycles. The molecule has 128 valence electrons. The second kappa shape index (κ2) is 7.35. The van der Waals surface area contributed by atoms with Gasteiger partial charge in [-0.05, 0) is 17.7 Å². The van der Waals surface area contributed by atoms with Gasteiger partial charge in [0.25, 0.3) is 0 Å². The lowest BCUT2D eigenvalue weighted by Crippen LogP contribution is -2.14. The van der Waals surface area contributed by atoms with Crippen LogP contribution in [0.15, 0.2) is 30.5 Å². The van der Waals surface area contributed by atoms with Crippen LogP contribution in [-0.4, -0.2) is 41.0 Å². The average molecular weight is 349 g/mol. The van der Waals surface area contributed by atoms with Crippen LogP contribution in [0.5, 0.6) is 5.75 Å². The number of hydrogen-bond acceptors (Lipinski definition) is 6. The smallest absolute Gasteiger partial charge is 0.228 e. The molecule has 3 aromatic rings. The Hall–Kier alpha value is -2.54. The molecule has 1 aromatic carbocycles. The van der Waals surface area contributed by atoms with E-state index in [9.17, 15) is 0 Å². The highest BCUT2D eigenvalue weighted by molar-refractivity contribution is 5.87. The molecule has 0 aliphatic rings. The number of anilines is 2. The average Bonchev–Trinajstić information content (AvgIpc) is 2.94. The summed E-state index contributed by atoms with van der Waals surface area (Å²) in [5, 5.41) is 8.56. The van der Waals surface area contributed by atoms with Gasteiger partial charge in [-0.1, -0.05) is 12.1 Å². The molecule has 0 spiro atoms. The Kier molecular flexibility index (Phi) is 5.46. The Labute approximate surface area is 147 Å². The maximum Gasteiger partial charge on any atom is 0.228 e. The quantitative estimate of drug-likeness (QED) is 0.764. The number of nitrogens with zero attached hydrogens (tertiary/aromatic N) is 5. The lowest BCUT2D eigenvalue weighted by atomic mass is 10.2. The number of hydrogen-bond donors (Lipinski definition) is 1. The molecule has 24 heavy (non-hydrogen) atoms. The van der Waals surface area contributed by atoms with Crippen LogP contribution in [0.4, 0.5) is 11.8 Å². The molecule has 1 N–H and O–H groups in total. The van der Waals surface area contributed by atoms with Gasteiger partial charge >= 0.3 is 0 Å². The molecule has 2 heterocycles. The van der Waals surface area contributed by atoms with Crippen LogP contribution in [0.25, 0.3) is 11.0 Å². The number of halogens is 1. The van der Waals surface area contributed by atoms with Crippen LogP contribution in [-0.2, 0) is 13.6 Å². The minimum atomic E-state index is 0. The summed E-state index contributed by atoms with van der Waals surface area (Å²) in [5.41, 5.74) is 1.95. The number of nitrogens with one attached hydrogen (secondary N) is 1. The molecule has 0 amide bonds. The highest BCUT2D eigenvalue weighted by Gasteiger charge is 2.12. The van der Waals surface area contributed by atoms with Crippen molar-refractivity contribution >= 4 is 35.2 Å². The second-order valence-corrected chi connectivity index (χ2v) is 5.47. The standard InChI is InChI=1S/C16H20N6O.ClH/c1-21(2)16-19-14(13-10-18-22(3)15(13)20-16)17-9-11-5-7-12(23-4)8-6-11;/h5-8,10H,9H2,1-4H3,(H,17,19,20);1H. The van der Waals surface area contributed by atoms with Crippen molar-refractivity contribution in [3.05, 3.63) is 36.0 Å². The van der Waals surface area contributed by atoms with Gasteiger partial charge in [-0.25, -0.2) is 0 Å². The lowest BCUT2D eigenvalue weighted by molar-refractivity contribution is 0.414. The maximum atomic E-state index is 5.18. The molecule has 3 rings (SSSR count).